The summed E-state index contributed by atoms with van der Waals surface area (Å²) in [4.78, 5) is 7.40. The second kappa shape index (κ2) is 5.48. The number of hydrogen-bond donors (Lipinski definition) is 2. The number of aromatic amines is 1. The van der Waals surface area contributed by atoms with Crippen LogP contribution in [0.15, 0.2) is 12.5 Å². The Balaban J connectivity index is 1.97. The number of aromatic nitrogens is 2. The highest BCUT2D eigenvalue weighted by Gasteiger charge is 2.29. The molecule has 1 saturated carbocycles. The molecule has 1 aromatic rings. The molecule has 2 N–H and O–H groups in total. The fraction of sp³-hybridized carbons (Fsp3) is 0.769. The minimum absolute atomic E-state index is 0.697. The molecule has 0 spiro atoms. The first kappa shape index (κ1) is 11.6. The van der Waals surface area contributed by atoms with Gasteiger partial charge in [-0.15, -0.1) is 0 Å². The Kier molecular flexibility index (Phi) is 3.99. The van der Waals surface area contributed by atoms with Gasteiger partial charge in [-0.1, -0.05) is 20.3 Å². The molecule has 0 aliphatic heterocycles. The van der Waals surface area contributed by atoms with Gasteiger partial charge in [0.25, 0.3) is 0 Å². The maximum atomic E-state index is 4.13. The van der Waals surface area contributed by atoms with Gasteiger partial charge in [-0.2, -0.15) is 0 Å². The van der Waals surface area contributed by atoms with E-state index in [0.29, 0.717) is 5.92 Å². The van der Waals surface area contributed by atoms with Crippen molar-refractivity contribution in [1.82, 2.24) is 15.3 Å². The lowest BCUT2D eigenvalue weighted by molar-refractivity contribution is 0.234. The number of H-pyrrole nitrogens is 1. The summed E-state index contributed by atoms with van der Waals surface area (Å²) in [7, 11) is 0. The third-order valence-electron chi connectivity index (χ3n) is 3.93. The van der Waals surface area contributed by atoms with E-state index in [4.69, 9.17) is 0 Å². The Morgan fingerprint density at radius 3 is 2.94 bits per heavy atom. The smallest absolute Gasteiger partial charge is 0.0921 e. The Morgan fingerprint density at radius 2 is 2.31 bits per heavy atom. The predicted octanol–water partition coefficient (Wildman–Crippen LogP) is 2.68. The van der Waals surface area contributed by atoms with Crippen LogP contribution in [0.25, 0.3) is 0 Å². The van der Waals surface area contributed by atoms with Crippen molar-refractivity contribution in [3.8, 4) is 0 Å². The maximum Gasteiger partial charge on any atom is 0.0921 e. The molecule has 3 heteroatoms. The minimum atomic E-state index is 0.697. The highest BCUT2D eigenvalue weighted by atomic mass is 14.9. The van der Waals surface area contributed by atoms with Gasteiger partial charge in [-0.3, -0.25) is 0 Å². The zero-order valence-electron chi connectivity index (χ0n) is 10.4. The standard InChI is InChI=1S/C13H23N3/c1-3-10-7-11(13-8-14-9-16-13)5-6-12(10)15-4-2/h8-12,15H,3-7H2,1-2H3,(H,14,16). The molecule has 90 valence electrons. The molecular weight excluding hydrogens is 198 g/mol. The molecule has 3 unspecified atom stereocenters. The lowest BCUT2D eigenvalue weighted by atomic mass is 9.75. The molecule has 1 aliphatic rings. The average molecular weight is 221 g/mol. The van der Waals surface area contributed by atoms with Crippen molar-refractivity contribution in [3.05, 3.63) is 18.2 Å². The topological polar surface area (TPSA) is 40.7 Å². The molecule has 0 amide bonds. The predicted molar refractivity (Wildman–Crippen MR) is 66.4 cm³/mol. The number of nitrogens with one attached hydrogen (secondary N) is 2. The van der Waals surface area contributed by atoms with Gasteiger partial charge in [0.15, 0.2) is 0 Å². The lowest BCUT2D eigenvalue weighted by Crippen LogP contribution is -2.39. The summed E-state index contributed by atoms with van der Waals surface area (Å²) in [6.45, 7) is 5.61. The second-order valence-corrected chi connectivity index (χ2v) is 4.85. The van der Waals surface area contributed by atoms with Crippen LogP contribution in [0.1, 0.15) is 51.1 Å². The van der Waals surface area contributed by atoms with E-state index in [2.05, 4.69) is 29.1 Å². The summed E-state index contributed by atoms with van der Waals surface area (Å²) in [5.74, 6) is 1.52. The Bertz CT molecular complexity index is 294. The van der Waals surface area contributed by atoms with Crippen LogP contribution in [0.3, 0.4) is 0 Å². The SMILES string of the molecule is CCNC1CCC(c2cnc[nH]2)CC1CC. The monoisotopic (exact) mass is 221 g/mol. The van der Waals surface area contributed by atoms with E-state index >= 15 is 0 Å². The molecule has 0 bridgehead atoms. The van der Waals surface area contributed by atoms with Gasteiger partial charge in [0.1, 0.15) is 0 Å². The van der Waals surface area contributed by atoms with E-state index < -0.39 is 0 Å². The fourth-order valence-electron chi connectivity index (χ4n) is 3.02. The minimum Gasteiger partial charge on any atom is -0.348 e. The van der Waals surface area contributed by atoms with Crippen LogP contribution in [-0.4, -0.2) is 22.6 Å². The van der Waals surface area contributed by atoms with E-state index in [1.165, 1.54) is 31.4 Å². The van der Waals surface area contributed by atoms with Crippen LogP contribution >= 0.6 is 0 Å². The first-order chi connectivity index (χ1) is 7.85. The van der Waals surface area contributed by atoms with Crippen molar-refractivity contribution in [2.45, 2.75) is 51.5 Å². The summed E-state index contributed by atoms with van der Waals surface area (Å²) < 4.78 is 0. The molecule has 1 heterocycles. The van der Waals surface area contributed by atoms with Crippen molar-refractivity contribution >= 4 is 0 Å². The number of hydrogen-bond acceptors (Lipinski definition) is 2. The average Bonchev–Trinajstić information content (AvgIpc) is 2.83. The van der Waals surface area contributed by atoms with Crippen LogP contribution in [0.4, 0.5) is 0 Å². The molecule has 3 nitrogen and oxygen atoms in total. The molecule has 16 heavy (non-hydrogen) atoms. The van der Waals surface area contributed by atoms with Gasteiger partial charge >= 0.3 is 0 Å². The van der Waals surface area contributed by atoms with Gasteiger partial charge < -0.3 is 10.3 Å². The molecule has 0 saturated heterocycles. The maximum absolute atomic E-state index is 4.13. The molecular formula is C13H23N3. The van der Waals surface area contributed by atoms with Gasteiger partial charge in [0.05, 0.1) is 6.33 Å². The molecule has 2 rings (SSSR count). The Hall–Kier alpha value is -0.830. The second-order valence-electron chi connectivity index (χ2n) is 4.85. The van der Waals surface area contributed by atoms with Crippen molar-refractivity contribution in [3.63, 3.8) is 0 Å². The van der Waals surface area contributed by atoms with E-state index in [1.807, 2.05) is 6.20 Å². The number of rotatable bonds is 4. The Labute approximate surface area is 98.1 Å². The normalized spacial score (nSPS) is 30.5. The molecule has 0 aromatic carbocycles. The van der Waals surface area contributed by atoms with Gasteiger partial charge in [-0.05, 0) is 31.7 Å². The highest BCUT2D eigenvalue weighted by Crippen LogP contribution is 2.36. The van der Waals surface area contributed by atoms with Crippen LogP contribution in [0, 0.1) is 5.92 Å². The number of nitrogens with zero attached hydrogens (tertiary/aromatic N) is 1. The molecule has 1 aromatic heterocycles. The van der Waals surface area contributed by atoms with Crippen LogP contribution in [0.5, 0.6) is 0 Å². The van der Waals surface area contributed by atoms with E-state index in [1.54, 1.807) is 6.33 Å². The molecule has 1 fully saturated rings. The van der Waals surface area contributed by atoms with Crippen molar-refractivity contribution in [1.29, 1.82) is 0 Å². The van der Waals surface area contributed by atoms with Gasteiger partial charge in [0.2, 0.25) is 0 Å². The summed E-state index contributed by atoms with van der Waals surface area (Å²) in [5.41, 5.74) is 1.33. The van der Waals surface area contributed by atoms with Gasteiger partial charge in [0, 0.05) is 23.9 Å². The zero-order valence-corrected chi connectivity index (χ0v) is 10.4. The van der Waals surface area contributed by atoms with Crippen LogP contribution in [-0.2, 0) is 0 Å². The zero-order chi connectivity index (χ0) is 11.4. The van der Waals surface area contributed by atoms with E-state index in [-0.39, 0.29) is 0 Å². The fourth-order valence-corrected chi connectivity index (χ4v) is 3.02. The van der Waals surface area contributed by atoms with Gasteiger partial charge in [-0.25, -0.2) is 4.98 Å². The van der Waals surface area contributed by atoms with Crippen molar-refractivity contribution in [2.75, 3.05) is 6.54 Å². The van der Waals surface area contributed by atoms with Crippen molar-refractivity contribution in [2.24, 2.45) is 5.92 Å². The summed E-state index contributed by atoms with van der Waals surface area (Å²) in [5, 5.41) is 3.63. The summed E-state index contributed by atoms with van der Waals surface area (Å²) in [6, 6.07) is 0.731. The molecule has 1 aliphatic carbocycles. The third kappa shape index (κ3) is 2.46. The summed E-state index contributed by atoms with van der Waals surface area (Å²) in [6.07, 6.45) is 8.96. The molecule has 3 atom stereocenters. The number of imidazole rings is 1. The first-order valence-electron chi connectivity index (χ1n) is 6.56. The Morgan fingerprint density at radius 1 is 1.44 bits per heavy atom. The van der Waals surface area contributed by atoms with E-state index in [0.717, 1.165) is 18.5 Å². The van der Waals surface area contributed by atoms with Crippen LogP contribution in [0.2, 0.25) is 0 Å². The summed E-state index contributed by atoms with van der Waals surface area (Å²) >= 11 is 0. The lowest BCUT2D eigenvalue weighted by Gasteiger charge is -2.35. The van der Waals surface area contributed by atoms with Crippen molar-refractivity contribution < 1.29 is 0 Å². The quantitative estimate of drug-likeness (QED) is 0.820. The van der Waals surface area contributed by atoms with E-state index in [9.17, 15) is 0 Å². The molecule has 0 radical (unpaired) electrons. The first-order valence-corrected chi connectivity index (χ1v) is 6.56. The highest BCUT2D eigenvalue weighted by molar-refractivity contribution is 5.06. The largest absolute Gasteiger partial charge is 0.348 e. The third-order valence-corrected chi connectivity index (χ3v) is 3.93. The van der Waals surface area contributed by atoms with Crippen LogP contribution < -0.4 is 5.32 Å².